The molecule has 0 saturated carbocycles. The Morgan fingerprint density at radius 3 is 2.70 bits per heavy atom. The van der Waals surface area contributed by atoms with Gasteiger partial charge >= 0.3 is 5.97 Å². The Bertz CT molecular complexity index is 934. The van der Waals surface area contributed by atoms with Crippen LogP contribution in [0.2, 0.25) is 0 Å². The lowest BCUT2D eigenvalue weighted by atomic mass is 10.2. The largest absolute Gasteiger partial charge is 0.453 e. The van der Waals surface area contributed by atoms with Gasteiger partial charge in [-0.15, -0.1) is 0 Å². The fourth-order valence-electron chi connectivity index (χ4n) is 3.25. The van der Waals surface area contributed by atoms with Crippen LogP contribution in [0.1, 0.15) is 12.8 Å². The molecule has 8 heteroatoms. The number of thioether (sulfide) groups is 1. The minimum absolute atomic E-state index is 0.108. The SMILES string of the molecule is O=C(COC(=O)C12CCC(=O)N1c1ccccc1S2)Nc1ccc(Br)cc1. The number of nitrogens with zero attached hydrogens (tertiary/aromatic N) is 1. The Morgan fingerprint density at radius 1 is 1.19 bits per heavy atom. The molecule has 1 unspecified atom stereocenters. The third kappa shape index (κ3) is 3.23. The van der Waals surface area contributed by atoms with Crippen molar-refractivity contribution in [3.63, 3.8) is 0 Å². The van der Waals surface area contributed by atoms with Crippen LogP contribution in [0.4, 0.5) is 11.4 Å². The normalized spacial score (nSPS) is 20.2. The summed E-state index contributed by atoms with van der Waals surface area (Å²) in [5.74, 6) is -1.11. The van der Waals surface area contributed by atoms with Crippen LogP contribution in [-0.2, 0) is 19.1 Å². The zero-order valence-corrected chi connectivity index (χ0v) is 16.5. The zero-order valence-electron chi connectivity index (χ0n) is 14.1. The second-order valence-corrected chi connectivity index (χ2v) is 8.45. The molecule has 2 aliphatic heterocycles. The maximum Gasteiger partial charge on any atom is 0.344 e. The second kappa shape index (κ2) is 7.01. The first-order valence-corrected chi connectivity index (χ1v) is 9.94. The Balaban J connectivity index is 1.44. The number of esters is 1. The van der Waals surface area contributed by atoms with Crippen molar-refractivity contribution in [3.8, 4) is 0 Å². The van der Waals surface area contributed by atoms with Crippen molar-refractivity contribution in [1.29, 1.82) is 0 Å². The van der Waals surface area contributed by atoms with Gasteiger partial charge in [0.1, 0.15) is 0 Å². The van der Waals surface area contributed by atoms with Crippen LogP contribution in [0, 0.1) is 0 Å². The van der Waals surface area contributed by atoms with Gasteiger partial charge in [-0.2, -0.15) is 0 Å². The fraction of sp³-hybridized carbons (Fsp3) is 0.211. The minimum atomic E-state index is -1.11. The average molecular weight is 447 g/mol. The predicted molar refractivity (Wildman–Crippen MR) is 105 cm³/mol. The van der Waals surface area contributed by atoms with Crippen LogP contribution in [0.3, 0.4) is 0 Å². The van der Waals surface area contributed by atoms with Crippen molar-refractivity contribution in [2.45, 2.75) is 22.6 Å². The molecule has 6 nitrogen and oxygen atoms in total. The Labute approximate surface area is 168 Å². The number of rotatable bonds is 4. The number of carbonyl (C=O) groups excluding carboxylic acids is 3. The molecule has 0 bridgehead atoms. The van der Waals surface area contributed by atoms with Gasteiger partial charge in [0.2, 0.25) is 5.91 Å². The van der Waals surface area contributed by atoms with Crippen molar-refractivity contribution in [2.24, 2.45) is 0 Å². The van der Waals surface area contributed by atoms with E-state index < -0.39 is 23.4 Å². The summed E-state index contributed by atoms with van der Waals surface area (Å²) < 4.78 is 6.19. The molecule has 0 aliphatic carbocycles. The molecule has 138 valence electrons. The summed E-state index contributed by atoms with van der Waals surface area (Å²) in [5, 5.41) is 2.67. The van der Waals surface area contributed by atoms with Gasteiger partial charge in [0.05, 0.1) is 5.69 Å². The van der Waals surface area contributed by atoms with Crippen LogP contribution < -0.4 is 10.2 Å². The van der Waals surface area contributed by atoms with Gasteiger partial charge in [0.15, 0.2) is 11.5 Å². The highest BCUT2D eigenvalue weighted by Gasteiger charge is 2.58. The number of para-hydroxylation sites is 1. The lowest BCUT2D eigenvalue weighted by Crippen LogP contribution is -2.48. The molecular formula is C19H15BrN2O4S. The third-order valence-electron chi connectivity index (χ3n) is 4.45. The van der Waals surface area contributed by atoms with Crippen molar-refractivity contribution in [2.75, 3.05) is 16.8 Å². The van der Waals surface area contributed by atoms with Gasteiger partial charge in [-0.05, 0) is 36.4 Å². The highest BCUT2D eigenvalue weighted by molar-refractivity contribution is 9.10. The van der Waals surface area contributed by atoms with Gasteiger partial charge in [-0.25, -0.2) is 4.79 Å². The smallest absolute Gasteiger partial charge is 0.344 e. The van der Waals surface area contributed by atoms with Crippen molar-refractivity contribution < 1.29 is 19.1 Å². The molecule has 1 N–H and O–H groups in total. The van der Waals surface area contributed by atoms with E-state index >= 15 is 0 Å². The molecule has 0 spiro atoms. The Kier molecular flexibility index (Phi) is 4.69. The van der Waals surface area contributed by atoms with Gasteiger partial charge in [-0.1, -0.05) is 39.8 Å². The number of carbonyl (C=O) groups is 3. The van der Waals surface area contributed by atoms with Crippen LogP contribution in [0.5, 0.6) is 0 Å². The molecule has 1 saturated heterocycles. The number of hydrogen-bond acceptors (Lipinski definition) is 5. The van der Waals surface area contributed by atoms with E-state index in [0.29, 0.717) is 12.1 Å². The minimum Gasteiger partial charge on any atom is -0.453 e. The van der Waals surface area contributed by atoms with Crippen LogP contribution in [0.25, 0.3) is 0 Å². The summed E-state index contributed by atoms with van der Waals surface area (Å²) in [6.45, 7) is -0.407. The monoisotopic (exact) mass is 446 g/mol. The highest BCUT2D eigenvalue weighted by atomic mass is 79.9. The number of benzene rings is 2. The van der Waals surface area contributed by atoms with E-state index in [9.17, 15) is 14.4 Å². The van der Waals surface area contributed by atoms with Gasteiger partial charge in [0.25, 0.3) is 5.91 Å². The number of hydrogen-bond donors (Lipinski definition) is 1. The quantitative estimate of drug-likeness (QED) is 0.726. The van der Waals surface area contributed by atoms with Gasteiger partial charge in [0, 0.05) is 27.9 Å². The summed E-state index contributed by atoms with van der Waals surface area (Å²) >= 11 is 4.64. The van der Waals surface area contributed by atoms with E-state index in [0.717, 1.165) is 15.1 Å². The average Bonchev–Trinajstić information content (AvgIpc) is 3.17. The molecule has 4 rings (SSSR count). The summed E-state index contributed by atoms with van der Waals surface area (Å²) in [5.41, 5.74) is 1.33. The number of anilines is 2. The van der Waals surface area contributed by atoms with E-state index in [-0.39, 0.29) is 12.3 Å². The lowest BCUT2D eigenvalue weighted by molar-refractivity contribution is -0.149. The molecule has 2 heterocycles. The maximum atomic E-state index is 12.8. The second-order valence-electron chi connectivity index (χ2n) is 6.21. The molecule has 2 amide bonds. The van der Waals surface area contributed by atoms with E-state index in [1.165, 1.54) is 16.7 Å². The zero-order chi connectivity index (χ0) is 19.0. The lowest BCUT2D eigenvalue weighted by Gasteiger charge is -2.28. The molecule has 2 aromatic carbocycles. The summed E-state index contributed by atoms with van der Waals surface area (Å²) in [6.07, 6.45) is 0.639. The van der Waals surface area contributed by atoms with Crippen LogP contribution in [-0.4, -0.2) is 29.3 Å². The molecule has 0 radical (unpaired) electrons. The van der Waals surface area contributed by atoms with Gasteiger partial charge < -0.3 is 10.1 Å². The Morgan fingerprint density at radius 2 is 1.93 bits per heavy atom. The number of nitrogens with one attached hydrogen (secondary N) is 1. The standard InChI is InChI=1S/C19H15BrN2O4S/c20-12-5-7-13(8-6-12)21-16(23)11-26-18(25)19-10-9-17(24)22(19)14-3-1-2-4-15(14)27-19/h1-8H,9-11H2,(H,21,23). The van der Waals surface area contributed by atoms with E-state index in [4.69, 9.17) is 4.74 Å². The first-order valence-electron chi connectivity index (χ1n) is 8.33. The van der Waals surface area contributed by atoms with E-state index in [2.05, 4.69) is 21.2 Å². The molecule has 2 aliphatic rings. The van der Waals surface area contributed by atoms with E-state index in [1.54, 1.807) is 24.3 Å². The van der Waals surface area contributed by atoms with E-state index in [1.807, 2.05) is 24.3 Å². The first kappa shape index (κ1) is 18.1. The summed E-state index contributed by atoms with van der Waals surface area (Å²) in [6, 6.07) is 14.5. The number of ether oxygens (including phenoxy) is 1. The Hall–Kier alpha value is -2.32. The highest BCUT2D eigenvalue weighted by Crippen LogP contribution is 2.56. The molecular weight excluding hydrogens is 432 g/mol. The number of halogens is 1. The molecule has 27 heavy (non-hydrogen) atoms. The van der Waals surface area contributed by atoms with Crippen LogP contribution >= 0.6 is 27.7 Å². The molecule has 2 aromatic rings. The third-order valence-corrected chi connectivity index (χ3v) is 6.44. The fourth-order valence-corrected chi connectivity index (χ4v) is 4.92. The topological polar surface area (TPSA) is 75.7 Å². The maximum absolute atomic E-state index is 12.8. The number of fused-ring (bicyclic) bond motifs is 3. The predicted octanol–water partition coefficient (Wildman–Crippen LogP) is 3.56. The number of amides is 2. The van der Waals surface area contributed by atoms with Crippen molar-refractivity contribution in [3.05, 3.63) is 53.0 Å². The van der Waals surface area contributed by atoms with Crippen molar-refractivity contribution >= 4 is 56.9 Å². The van der Waals surface area contributed by atoms with Crippen LogP contribution in [0.15, 0.2) is 57.9 Å². The molecule has 1 fully saturated rings. The summed E-state index contributed by atoms with van der Waals surface area (Å²) in [4.78, 5) is 38.6. The summed E-state index contributed by atoms with van der Waals surface area (Å²) in [7, 11) is 0. The first-order chi connectivity index (χ1) is 13.0. The molecule has 1 atom stereocenters. The molecule has 0 aromatic heterocycles. The van der Waals surface area contributed by atoms with Gasteiger partial charge in [-0.3, -0.25) is 14.5 Å². The van der Waals surface area contributed by atoms with Crippen molar-refractivity contribution in [1.82, 2.24) is 0 Å².